The Labute approximate surface area is 203 Å². The molecule has 0 saturated heterocycles. The number of hydrogen-bond acceptors (Lipinski definition) is 0. The number of allylic oxidation sites excluding steroid dienone is 4. The molecule has 30 heavy (non-hydrogen) atoms. The first-order valence-electron chi connectivity index (χ1n) is 11.1. The second-order valence-corrected chi connectivity index (χ2v) is 23.8. The number of unbranched alkanes of at least 4 members (excludes halogenated alkanes) is 2. The van der Waals surface area contributed by atoms with Crippen molar-refractivity contribution < 1.29 is 45.2 Å². The molecule has 0 aromatic heterocycles. The summed E-state index contributed by atoms with van der Waals surface area (Å²) in [7, 11) is 0. The molecular formula is C26H32Cl2SiZr. The van der Waals surface area contributed by atoms with Gasteiger partial charge in [0.1, 0.15) is 0 Å². The van der Waals surface area contributed by atoms with Crippen LogP contribution in [0.15, 0.2) is 70.0 Å². The molecule has 2 aromatic carbocycles. The molecule has 0 fully saturated rings. The van der Waals surface area contributed by atoms with Crippen molar-refractivity contribution >= 4 is 5.43 Å². The van der Waals surface area contributed by atoms with Gasteiger partial charge in [-0.05, 0) is 0 Å². The van der Waals surface area contributed by atoms with Crippen molar-refractivity contribution in [1.82, 2.24) is 0 Å². The van der Waals surface area contributed by atoms with Gasteiger partial charge in [-0.3, -0.25) is 0 Å². The Morgan fingerprint density at radius 1 is 0.833 bits per heavy atom. The summed E-state index contributed by atoms with van der Waals surface area (Å²) in [5.41, 5.74) is 6.12. The first kappa shape index (κ1) is 25.9. The fourth-order valence-corrected chi connectivity index (χ4v) is 29.2. The van der Waals surface area contributed by atoms with E-state index in [0.29, 0.717) is 0 Å². The maximum atomic E-state index is 2.54. The monoisotopic (exact) mass is 532 g/mol. The molecule has 2 aromatic rings. The Hall–Kier alpha value is -0.400. The van der Waals surface area contributed by atoms with E-state index in [1.54, 1.807) is 23.2 Å². The van der Waals surface area contributed by atoms with Crippen LogP contribution < -0.4 is 24.8 Å². The summed E-state index contributed by atoms with van der Waals surface area (Å²) < 4.78 is 2.66. The third-order valence-corrected chi connectivity index (χ3v) is 27.4. The van der Waals surface area contributed by atoms with Crippen molar-refractivity contribution in [2.24, 2.45) is 0 Å². The van der Waals surface area contributed by atoms with E-state index in [0.717, 1.165) is 3.63 Å². The van der Waals surface area contributed by atoms with Crippen LogP contribution in [0.3, 0.4) is 0 Å². The van der Waals surface area contributed by atoms with Gasteiger partial charge in [-0.25, -0.2) is 0 Å². The van der Waals surface area contributed by atoms with Crippen LogP contribution >= 0.6 is 0 Å². The fourth-order valence-electron chi connectivity index (χ4n) is 4.90. The van der Waals surface area contributed by atoms with E-state index in [-0.39, 0.29) is 30.2 Å². The standard InChI is InChI=1S/C13H9.C8H18Si.C5H5.2ClH.Zr/c1-3-7-12-10(5-1)9-11-6-2-4-8-13(11)12;1-3-5-7-9-8-6-4-2;1-2-4-5-3-1;;;/h1-9H;3-8H2,1-2H3;1-3H,4H2;2*1H;/q;;;;;+2/p-2. The van der Waals surface area contributed by atoms with Crippen LogP contribution in [-0.4, -0.2) is 5.43 Å². The molecular weight excluding hydrogens is 503 g/mol. The summed E-state index contributed by atoms with van der Waals surface area (Å²) in [6.07, 6.45) is 14.2. The Morgan fingerprint density at radius 3 is 1.83 bits per heavy atom. The number of benzene rings is 2. The van der Waals surface area contributed by atoms with Crippen LogP contribution in [0.2, 0.25) is 12.1 Å². The van der Waals surface area contributed by atoms with Crippen molar-refractivity contribution in [3.63, 3.8) is 0 Å². The minimum Gasteiger partial charge on any atom is -1.00 e. The van der Waals surface area contributed by atoms with Crippen molar-refractivity contribution in [2.75, 3.05) is 0 Å². The summed E-state index contributed by atoms with van der Waals surface area (Å²) in [4.78, 5) is 0. The maximum Gasteiger partial charge on any atom is -1.00 e. The maximum absolute atomic E-state index is 2.54. The van der Waals surface area contributed by atoms with Gasteiger partial charge < -0.3 is 24.8 Å². The molecule has 4 rings (SSSR count). The zero-order valence-corrected chi connectivity index (χ0v) is 23.1. The number of halogens is 2. The molecule has 4 heteroatoms. The minimum atomic E-state index is -1.85. The Kier molecular flexibility index (Phi) is 10.9. The van der Waals surface area contributed by atoms with Gasteiger partial charge >= 0.3 is 180 Å². The molecule has 158 valence electrons. The predicted molar refractivity (Wildman–Crippen MR) is 121 cm³/mol. The molecule has 0 nitrogen and oxygen atoms in total. The van der Waals surface area contributed by atoms with Crippen LogP contribution in [0.5, 0.6) is 0 Å². The smallest absolute Gasteiger partial charge is 1.00 e. The third kappa shape index (κ3) is 5.32. The molecule has 0 unspecified atom stereocenters. The Balaban J connectivity index is 0.00000160. The number of fused-ring (bicyclic) bond motifs is 3. The minimum absolute atomic E-state index is 0. The quantitative estimate of drug-likeness (QED) is 0.454. The molecule has 0 N–H and O–H groups in total. The van der Waals surface area contributed by atoms with Gasteiger partial charge in [0.2, 0.25) is 0 Å². The van der Waals surface area contributed by atoms with E-state index in [1.165, 1.54) is 43.2 Å². The van der Waals surface area contributed by atoms with Gasteiger partial charge in [0.05, 0.1) is 0 Å². The van der Waals surface area contributed by atoms with E-state index in [9.17, 15) is 0 Å². The van der Waals surface area contributed by atoms with E-state index in [2.05, 4.69) is 80.6 Å². The van der Waals surface area contributed by atoms with Crippen LogP contribution in [0.4, 0.5) is 0 Å². The van der Waals surface area contributed by atoms with E-state index >= 15 is 0 Å². The summed E-state index contributed by atoms with van der Waals surface area (Å²) >= 11 is -1.85. The molecule has 0 heterocycles. The van der Waals surface area contributed by atoms with Gasteiger partial charge in [0.15, 0.2) is 0 Å². The molecule has 0 spiro atoms. The van der Waals surface area contributed by atoms with E-state index in [4.69, 9.17) is 0 Å². The fraction of sp³-hybridized carbons (Fsp3) is 0.385. The SMILES string of the molecule is CCCC[Si](CCCC)=[Zr+2]([C]1=CC=CC1)[CH]1c2ccccc2-c2ccccc21.[Cl-].[Cl-]. The third-order valence-electron chi connectivity index (χ3n) is 6.28. The topological polar surface area (TPSA) is 0 Å². The van der Waals surface area contributed by atoms with Crippen LogP contribution in [0.1, 0.15) is 60.7 Å². The van der Waals surface area contributed by atoms with Gasteiger partial charge in [0.25, 0.3) is 0 Å². The molecule has 0 aliphatic heterocycles. The molecule has 0 radical (unpaired) electrons. The molecule has 0 saturated carbocycles. The van der Waals surface area contributed by atoms with Crippen LogP contribution in [-0.2, 0) is 20.4 Å². The van der Waals surface area contributed by atoms with Crippen molar-refractivity contribution in [3.05, 3.63) is 81.2 Å². The average Bonchev–Trinajstić information content (AvgIpc) is 3.37. The van der Waals surface area contributed by atoms with E-state index < -0.39 is 20.4 Å². The van der Waals surface area contributed by atoms with Gasteiger partial charge in [0, 0.05) is 0 Å². The molecule has 0 atom stereocenters. The molecule has 2 aliphatic carbocycles. The van der Waals surface area contributed by atoms with Gasteiger partial charge in [-0.15, -0.1) is 0 Å². The second kappa shape index (κ2) is 12.6. The molecule has 0 amide bonds. The van der Waals surface area contributed by atoms with Crippen molar-refractivity contribution in [2.45, 2.75) is 61.7 Å². The first-order valence-corrected chi connectivity index (χ1v) is 19.4. The van der Waals surface area contributed by atoms with Gasteiger partial charge in [-0.1, -0.05) is 0 Å². The zero-order chi connectivity index (χ0) is 19.3. The second-order valence-electron chi connectivity index (χ2n) is 8.16. The van der Waals surface area contributed by atoms with Crippen LogP contribution in [0, 0.1) is 0 Å². The summed E-state index contributed by atoms with van der Waals surface area (Å²) in [6, 6.07) is 21.8. The van der Waals surface area contributed by atoms with E-state index in [1.807, 2.05) is 3.28 Å². The predicted octanol–water partition coefficient (Wildman–Crippen LogP) is 1.82. The number of rotatable bonds is 8. The number of hydrogen-bond donors (Lipinski definition) is 0. The van der Waals surface area contributed by atoms with Crippen molar-refractivity contribution in [1.29, 1.82) is 0 Å². The summed E-state index contributed by atoms with van der Waals surface area (Å²) in [5, 5.41) is 0. The molecule has 2 aliphatic rings. The Bertz CT molecular complexity index is 890. The Morgan fingerprint density at radius 2 is 1.37 bits per heavy atom. The average molecular weight is 535 g/mol. The first-order chi connectivity index (χ1) is 13.8. The normalized spacial score (nSPS) is 13.4. The summed E-state index contributed by atoms with van der Waals surface area (Å²) in [5.74, 6) is 0. The molecule has 0 bridgehead atoms. The van der Waals surface area contributed by atoms with Crippen LogP contribution in [0.25, 0.3) is 11.1 Å². The largest absolute Gasteiger partial charge is 1.00 e. The van der Waals surface area contributed by atoms with Gasteiger partial charge in [-0.2, -0.15) is 0 Å². The zero-order valence-electron chi connectivity index (χ0n) is 18.1. The summed E-state index contributed by atoms with van der Waals surface area (Å²) in [6.45, 7) is 4.75. The van der Waals surface area contributed by atoms with Crippen molar-refractivity contribution in [3.8, 4) is 11.1 Å².